The summed E-state index contributed by atoms with van der Waals surface area (Å²) in [6.45, 7) is 2.08. The number of benzene rings is 1. The maximum atomic E-state index is 13.4. The number of carbonyl (C=O) groups excluding carboxylic acids is 1. The van der Waals surface area contributed by atoms with Gasteiger partial charge in [-0.15, -0.1) is 0 Å². The van der Waals surface area contributed by atoms with Gasteiger partial charge >= 0.3 is 0 Å². The topological polar surface area (TPSA) is 50.8 Å². The molecule has 2 aliphatic heterocycles. The fraction of sp³-hybridized carbons (Fsp3) is 0.533. The van der Waals surface area contributed by atoms with Crippen molar-refractivity contribution in [3.05, 3.63) is 23.8 Å². The van der Waals surface area contributed by atoms with Crippen molar-refractivity contribution >= 4 is 11.6 Å². The first-order valence-electron chi connectivity index (χ1n) is 7.38. The van der Waals surface area contributed by atoms with Crippen molar-refractivity contribution < 1.29 is 23.0 Å². The molecular weight excluding hydrogens is 294 g/mol. The molecule has 1 unspecified atom stereocenters. The molecule has 1 atom stereocenters. The van der Waals surface area contributed by atoms with Crippen LogP contribution in [0.3, 0.4) is 0 Å². The summed E-state index contributed by atoms with van der Waals surface area (Å²) in [6.07, 6.45) is 2.04. The molecule has 1 saturated heterocycles. The molecule has 120 valence electrons. The van der Waals surface area contributed by atoms with Gasteiger partial charge in [0.2, 0.25) is 5.91 Å². The van der Waals surface area contributed by atoms with Gasteiger partial charge in [-0.1, -0.05) is 0 Å². The zero-order chi connectivity index (χ0) is 15.5. The second kappa shape index (κ2) is 6.48. The molecule has 1 fully saturated rings. The zero-order valence-corrected chi connectivity index (χ0v) is 12.1. The van der Waals surface area contributed by atoms with E-state index in [1.165, 1.54) is 0 Å². The molecule has 22 heavy (non-hydrogen) atoms. The van der Waals surface area contributed by atoms with Gasteiger partial charge in [0, 0.05) is 25.3 Å². The Hall–Kier alpha value is -1.89. The van der Waals surface area contributed by atoms with Crippen LogP contribution in [-0.2, 0) is 9.53 Å². The minimum atomic E-state index is -0.955. The van der Waals surface area contributed by atoms with Gasteiger partial charge in [0.05, 0.1) is 24.9 Å². The predicted octanol–water partition coefficient (Wildman–Crippen LogP) is 1.46. The number of hydrogen-bond acceptors (Lipinski definition) is 4. The predicted molar refractivity (Wildman–Crippen MR) is 76.0 cm³/mol. The Morgan fingerprint density at radius 3 is 2.91 bits per heavy atom. The van der Waals surface area contributed by atoms with Crippen molar-refractivity contribution in [2.75, 3.05) is 37.7 Å². The summed E-state index contributed by atoms with van der Waals surface area (Å²) in [7, 11) is 0. The summed E-state index contributed by atoms with van der Waals surface area (Å²) < 4.78 is 37.4. The van der Waals surface area contributed by atoms with Crippen LogP contribution < -0.4 is 15.0 Å². The average molecular weight is 312 g/mol. The molecule has 0 aliphatic carbocycles. The number of nitrogens with zero attached hydrogens (tertiary/aromatic N) is 1. The highest BCUT2D eigenvalue weighted by atomic mass is 19.2. The first-order chi connectivity index (χ1) is 10.6. The molecule has 7 heteroatoms. The SMILES string of the molecule is O=C(CN1CCOc2cc(F)c(F)cc21)NCC1CCCO1. The lowest BCUT2D eigenvalue weighted by Crippen LogP contribution is -2.43. The number of ether oxygens (including phenoxy) is 2. The smallest absolute Gasteiger partial charge is 0.239 e. The molecule has 0 saturated carbocycles. The molecule has 2 aliphatic rings. The maximum Gasteiger partial charge on any atom is 0.239 e. The number of carbonyl (C=O) groups is 1. The minimum Gasteiger partial charge on any atom is -0.489 e. The normalized spacial score (nSPS) is 20.5. The van der Waals surface area contributed by atoms with Crippen LogP contribution in [-0.4, -0.2) is 44.9 Å². The van der Waals surface area contributed by atoms with Crippen molar-refractivity contribution in [2.24, 2.45) is 0 Å². The van der Waals surface area contributed by atoms with Crippen LogP contribution in [0.5, 0.6) is 5.75 Å². The van der Waals surface area contributed by atoms with Gasteiger partial charge in [0.15, 0.2) is 11.6 Å². The van der Waals surface area contributed by atoms with E-state index >= 15 is 0 Å². The van der Waals surface area contributed by atoms with Crippen LogP contribution >= 0.6 is 0 Å². The van der Waals surface area contributed by atoms with Gasteiger partial charge in [-0.05, 0) is 12.8 Å². The fourth-order valence-electron chi connectivity index (χ4n) is 2.69. The second-order valence-corrected chi connectivity index (χ2v) is 5.44. The standard InChI is InChI=1S/C15H18F2N2O3/c16-11-6-13-14(7-12(11)17)22-5-3-19(13)9-15(20)18-8-10-2-1-4-21-10/h6-7,10H,1-5,8-9H2,(H,18,20). The summed E-state index contributed by atoms with van der Waals surface area (Å²) in [4.78, 5) is 13.7. The molecule has 2 heterocycles. The number of nitrogens with one attached hydrogen (secondary N) is 1. The summed E-state index contributed by atoms with van der Waals surface area (Å²) in [5.41, 5.74) is 0.400. The van der Waals surface area contributed by atoms with Crippen LogP contribution in [0.2, 0.25) is 0 Å². The summed E-state index contributed by atoms with van der Waals surface area (Å²) >= 11 is 0. The Morgan fingerprint density at radius 2 is 2.14 bits per heavy atom. The van der Waals surface area contributed by atoms with Crippen LogP contribution in [0.15, 0.2) is 12.1 Å². The second-order valence-electron chi connectivity index (χ2n) is 5.44. The lowest BCUT2D eigenvalue weighted by atomic mass is 10.2. The molecule has 5 nitrogen and oxygen atoms in total. The fourth-order valence-corrected chi connectivity index (χ4v) is 2.69. The molecule has 0 radical (unpaired) electrons. The first-order valence-corrected chi connectivity index (χ1v) is 7.38. The Balaban J connectivity index is 1.61. The summed E-state index contributed by atoms with van der Waals surface area (Å²) in [5.74, 6) is -1.82. The minimum absolute atomic E-state index is 0.0764. The number of rotatable bonds is 4. The first kappa shape index (κ1) is 15.0. The third-order valence-corrected chi connectivity index (χ3v) is 3.85. The molecule has 1 aromatic carbocycles. The largest absolute Gasteiger partial charge is 0.489 e. The van der Waals surface area contributed by atoms with E-state index in [2.05, 4.69) is 5.32 Å². The number of hydrogen-bond donors (Lipinski definition) is 1. The van der Waals surface area contributed by atoms with E-state index < -0.39 is 11.6 Å². The van der Waals surface area contributed by atoms with Crippen LogP contribution in [0.1, 0.15) is 12.8 Å². The Kier molecular flexibility index (Phi) is 4.42. The van der Waals surface area contributed by atoms with E-state index in [0.717, 1.165) is 31.6 Å². The van der Waals surface area contributed by atoms with Crippen molar-refractivity contribution in [3.63, 3.8) is 0 Å². The molecule has 3 rings (SSSR count). The molecule has 1 amide bonds. The van der Waals surface area contributed by atoms with E-state index in [0.29, 0.717) is 25.4 Å². The molecule has 1 aromatic rings. The molecular formula is C15H18F2N2O3. The average Bonchev–Trinajstić information content (AvgIpc) is 3.00. The maximum absolute atomic E-state index is 13.4. The van der Waals surface area contributed by atoms with E-state index in [1.807, 2.05) is 0 Å². The number of halogens is 2. The number of fused-ring (bicyclic) bond motifs is 1. The van der Waals surface area contributed by atoms with Crippen LogP contribution in [0, 0.1) is 11.6 Å². The molecule has 0 spiro atoms. The quantitative estimate of drug-likeness (QED) is 0.914. The summed E-state index contributed by atoms with van der Waals surface area (Å²) in [6, 6.07) is 2.08. The van der Waals surface area contributed by atoms with Gasteiger partial charge in [-0.3, -0.25) is 4.79 Å². The number of anilines is 1. The zero-order valence-electron chi connectivity index (χ0n) is 12.1. The Bertz CT molecular complexity index is 562. The van der Waals surface area contributed by atoms with Crippen LogP contribution in [0.25, 0.3) is 0 Å². The van der Waals surface area contributed by atoms with Gasteiger partial charge in [-0.25, -0.2) is 8.78 Å². The lowest BCUT2D eigenvalue weighted by Gasteiger charge is -2.30. The van der Waals surface area contributed by atoms with Gasteiger partial charge < -0.3 is 19.7 Å². The third-order valence-electron chi connectivity index (χ3n) is 3.85. The van der Waals surface area contributed by atoms with Crippen LogP contribution in [0.4, 0.5) is 14.5 Å². The number of amides is 1. The molecule has 1 N–H and O–H groups in total. The van der Waals surface area contributed by atoms with Crippen molar-refractivity contribution in [1.82, 2.24) is 5.32 Å². The van der Waals surface area contributed by atoms with Gasteiger partial charge in [0.25, 0.3) is 0 Å². The van der Waals surface area contributed by atoms with E-state index in [9.17, 15) is 13.6 Å². The molecule has 0 aromatic heterocycles. The van der Waals surface area contributed by atoms with E-state index in [4.69, 9.17) is 9.47 Å². The Morgan fingerprint density at radius 1 is 1.32 bits per heavy atom. The van der Waals surface area contributed by atoms with Gasteiger partial charge in [0.1, 0.15) is 12.4 Å². The Labute approximate surface area is 127 Å². The lowest BCUT2D eigenvalue weighted by molar-refractivity contribution is -0.120. The monoisotopic (exact) mass is 312 g/mol. The highest BCUT2D eigenvalue weighted by Gasteiger charge is 2.23. The van der Waals surface area contributed by atoms with E-state index in [1.54, 1.807) is 4.90 Å². The van der Waals surface area contributed by atoms with Gasteiger partial charge in [-0.2, -0.15) is 0 Å². The van der Waals surface area contributed by atoms with Crippen molar-refractivity contribution in [3.8, 4) is 5.75 Å². The highest BCUT2D eigenvalue weighted by Crippen LogP contribution is 2.33. The molecule has 0 bridgehead atoms. The highest BCUT2D eigenvalue weighted by molar-refractivity contribution is 5.82. The van der Waals surface area contributed by atoms with E-state index in [-0.39, 0.29) is 24.3 Å². The van der Waals surface area contributed by atoms with Crippen molar-refractivity contribution in [1.29, 1.82) is 0 Å². The third kappa shape index (κ3) is 3.30. The summed E-state index contributed by atoms with van der Waals surface area (Å²) in [5, 5.41) is 2.81. The van der Waals surface area contributed by atoms with Crippen molar-refractivity contribution in [2.45, 2.75) is 18.9 Å².